The third kappa shape index (κ3) is 5.99. The van der Waals surface area contributed by atoms with Gasteiger partial charge in [-0.3, -0.25) is 29.5 Å². The predicted octanol–water partition coefficient (Wildman–Crippen LogP) is 8.60. The molecule has 2 saturated heterocycles. The van der Waals surface area contributed by atoms with Gasteiger partial charge >= 0.3 is 6.36 Å². The Hall–Kier alpha value is -7.22. The number of allylic oxidation sites excluding steroid dienone is 2. The number of ether oxygens (including phenoxy) is 1. The summed E-state index contributed by atoms with van der Waals surface area (Å²) in [4.78, 5) is 65.1. The highest BCUT2D eigenvalue weighted by Crippen LogP contribution is 2.65. The molecule has 0 spiro atoms. The Morgan fingerprint density at radius 2 is 1.56 bits per heavy atom. The summed E-state index contributed by atoms with van der Waals surface area (Å²) < 4.78 is 51.3. The number of hydrogen-bond acceptors (Lipinski definition) is 9. The first kappa shape index (κ1) is 38.0. The molecular weight excluding hydrogens is 790 g/mol. The van der Waals surface area contributed by atoms with Crippen LogP contribution in [0.1, 0.15) is 35.4 Å². The Kier molecular flexibility index (Phi) is 8.68. The minimum atomic E-state index is -5.09. The summed E-state index contributed by atoms with van der Waals surface area (Å²) in [6.07, 6.45) is -3.34. The van der Waals surface area contributed by atoms with Gasteiger partial charge in [0, 0.05) is 17.0 Å². The van der Waals surface area contributed by atoms with Crippen molar-refractivity contribution in [2.75, 3.05) is 10.3 Å². The number of para-hydroxylation sites is 2. The summed E-state index contributed by atoms with van der Waals surface area (Å²) in [7, 11) is 0. The van der Waals surface area contributed by atoms with Crippen molar-refractivity contribution < 1.29 is 46.6 Å². The molecule has 3 fully saturated rings. The van der Waals surface area contributed by atoms with Crippen LogP contribution in [0, 0.1) is 30.6 Å². The van der Waals surface area contributed by atoms with Crippen LogP contribution >= 0.6 is 0 Å². The average Bonchev–Trinajstić information content (AvgIpc) is 3.87. The van der Waals surface area contributed by atoms with E-state index in [1.807, 2.05) is 25.1 Å². The normalized spacial score (nSPS) is 24.7. The van der Waals surface area contributed by atoms with Gasteiger partial charge < -0.3 is 14.3 Å². The van der Waals surface area contributed by atoms with Crippen LogP contribution in [0.4, 0.5) is 24.5 Å². The molecule has 1 saturated carbocycles. The van der Waals surface area contributed by atoms with Gasteiger partial charge in [-0.2, -0.15) is 5.01 Å². The Balaban J connectivity index is 1.09. The molecule has 5 aromatic carbocycles. The van der Waals surface area contributed by atoms with Gasteiger partial charge in [-0.05, 0) is 98.0 Å². The van der Waals surface area contributed by atoms with Gasteiger partial charge in [0.25, 0.3) is 11.8 Å². The molecule has 11 nitrogen and oxygen atoms in total. The zero-order chi connectivity index (χ0) is 42.4. The molecule has 14 heteroatoms. The van der Waals surface area contributed by atoms with E-state index < -0.39 is 76.5 Å². The van der Waals surface area contributed by atoms with Gasteiger partial charge in [0.05, 0.1) is 34.5 Å². The van der Waals surface area contributed by atoms with Crippen molar-refractivity contribution >= 4 is 46.1 Å². The molecule has 2 aliphatic carbocycles. The Labute approximate surface area is 346 Å². The number of aryl methyl sites for hydroxylation is 1. The Morgan fingerprint density at radius 1 is 0.836 bits per heavy atom. The third-order valence-electron chi connectivity index (χ3n) is 12.6. The minimum absolute atomic E-state index is 0.0531. The van der Waals surface area contributed by atoms with E-state index in [1.54, 1.807) is 91.0 Å². The first-order valence-electron chi connectivity index (χ1n) is 19.7. The fourth-order valence-corrected chi connectivity index (χ4v) is 10.1. The predicted molar refractivity (Wildman–Crippen MR) is 216 cm³/mol. The quantitative estimate of drug-likeness (QED) is 0.120. The lowest BCUT2D eigenvalue weighted by molar-refractivity contribution is -0.274. The zero-order valence-electron chi connectivity index (χ0n) is 32.3. The highest BCUT2D eigenvalue weighted by Gasteiger charge is 2.70. The number of fused-ring (bicyclic) bond motifs is 5. The summed E-state index contributed by atoms with van der Waals surface area (Å²) in [5, 5.41) is 12.6. The van der Waals surface area contributed by atoms with Crippen molar-refractivity contribution in [3.05, 3.63) is 150 Å². The molecule has 3 heterocycles. The van der Waals surface area contributed by atoms with Crippen molar-refractivity contribution in [1.82, 2.24) is 9.99 Å². The lowest BCUT2D eigenvalue weighted by Gasteiger charge is -2.50. The fraction of sp³-hybridized carbons (Fsp3) is 0.213. The van der Waals surface area contributed by atoms with Crippen LogP contribution in [0.5, 0.6) is 11.5 Å². The van der Waals surface area contributed by atoms with Crippen LogP contribution in [0.2, 0.25) is 0 Å². The number of phenolic OH excluding ortho intramolecular Hbond substituents is 1. The molecule has 306 valence electrons. The highest BCUT2D eigenvalue weighted by atomic mass is 19.4. The number of rotatable bonds is 7. The average molecular weight is 825 g/mol. The van der Waals surface area contributed by atoms with Crippen LogP contribution in [0.3, 0.4) is 0 Å². The molecule has 10 rings (SSSR count). The number of amides is 4. The number of hydrogen-bond donors (Lipinski definition) is 2. The first-order chi connectivity index (χ1) is 29.3. The molecule has 2 aliphatic heterocycles. The number of nitrogens with zero attached hydrogens (tertiary/aromatic N) is 3. The second-order valence-electron chi connectivity index (χ2n) is 15.9. The molecule has 0 unspecified atom stereocenters. The molecule has 0 radical (unpaired) electrons. The van der Waals surface area contributed by atoms with E-state index in [1.165, 1.54) is 0 Å². The minimum Gasteiger partial charge on any atom is -0.508 e. The number of oxazole rings is 1. The summed E-state index contributed by atoms with van der Waals surface area (Å²) in [6, 6.07) is 32.5. The van der Waals surface area contributed by atoms with Gasteiger partial charge in [0.1, 0.15) is 17.0 Å². The van der Waals surface area contributed by atoms with Crippen molar-refractivity contribution in [3.8, 4) is 23.0 Å². The highest BCUT2D eigenvalue weighted by molar-refractivity contribution is 6.22. The van der Waals surface area contributed by atoms with Crippen LogP contribution in [0.15, 0.2) is 137 Å². The number of aromatic nitrogens is 1. The number of phenols is 1. The number of hydrazine groups is 1. The van der Waals surface area contributed by atoms with E-state index >= 15 is 4.79 Å². The maximum absolute atomic E-state index is 15.4. The number of aromatic hydroxyl groups is 1. The number of imide groups is 2. The first-order valence-corrected chi connectivity index (χ1v) is 19.7. The van der Waals surface area contributed by atoms with Crippen molar-refractivity contribution in [3.63, 3.8) is 0 Å². The molecule has 1 aromatic heterocycles. The van der Waals surface area contributed by atoms with Gasteiger partial charge in [-0.25, -0.2) is 4.98 Å². The van der Waals surface area contributed by atoms with Crippen molar-refractivity contribution in [2.24, 2.45) is 23.7 Å². The second-order valence-corrected chi connectivity index (χ2v) is 15.9. The smallest absolute Gasteiger partial charge is 0.508 e. The lowest BCUT2D eigenvalue weighted by Crippen LogP contribution is -2.53. The van der Waals surface area contributed by atoms with E-state index in [0.29, 0.717) is 45.1 Å². The lowest BCUT2D eigenvalue weighted by atomic mass is 9.49. The monoisotopic (exact) mass is 824 g/mol. The maximum atomic E-state index is 15.4. The van der Waals surface area contributed by atoms with Crippen molar-refractivity contribution in [1.29, 1.82) is 0 Å². The summed E-state index contributed by atoms with van der Waals surface area (Å²) >= 11 is 0. The Morgan fingerprint density at radius 3 is 2.28 bits per heavy atom. The van der Waals surface area contributed by atoms with E-state index in [9.17, 15) is 32.7 Å². The number of halogens is 3. The number of nitrogens with one attached hydrogen (secondary N) is 1. The largest absolute Gasteiger partial charge is 0.573 e. The SMILES string of the molecule is Cc1ccc(NN2C(=O)[C@@H]3C[C@@H]4C(=CC[C@@H]5C(=O)N(c6ccc(-c7nc8ccccc8o7)cc6)C(=O)[C@@H]54)[C@H](c4cc(OC(F)(F)F)ccc4O)[C@]3(c3ccccc3)C2=O)cc1. The molecule has 61 heavy (non-hydrogen) atoms. The number of alkyl halides is 3. The van der Waals surface area contributed by atoms with E-state index in [-0.39, 0.29) is 18.4 Å². The molecule has 6 atom stereocenters. The molecule has 6 aromatic rings. The van der Waals surface area contributed by atoms with E-state index in [2.05, 4.69) is 15.1 Å². The van der Waals surface area contributed by atoms with Gasteiger partial charge in [0.15, 0.2) is 5.58 Å². The van der Waals surface area contributed by atoms with Crippen LogP contribution in [-0.4, -0.2) is 45.1 Å². The van der Waals surface area contributed by atoms with Crippen LogP contribution in [-0.2, 0) is 24.6 Å². The maximum Gasteiger partial charge on any atom is 0.573 e. The second kappa shape index (κ2) is 13.9. The Bertz CT molecular complexity index is 2770. The van der Waals surface area contributed by atoms with E-state index in [4.69, 9.17) is 4.42 Å². The van der Waals surface area contributed by atoms with Gasteiger partial charge in [-0.15, -0.1) is 13.2 Å². The molecular formula is C47H35F3N4O7. The van der Waals surface area contributed by atoms with Crippen LogP contribution < -0.4 is 15.1 Å². The van der Waals surface area contributed by atoms with Crippen LogP contribution in [0.25, 0.3) is 22.6 Å². The zero-order valence-corrected chi connectivity index (χ0v) is 32.3. The van der Waals surface area contributed by atoms with E-state index in [0.717, 1.165) is 33.7 Å². The number of benzene rings is 5. The summed E-state index contributed by atoms with van der Waals surface area (Å²) in [6.45, 7) is 1.89. The molecule has 4 aliphatic rings. The van der Waals surface area contributed by atoms with Gasteiger partial charge in [-0.1, -0.05) is 71.8 Å². The summed E-state index contributed by atoms with van der Waals surface area (Å²) in [5.41, 5.74) is 5.46. The standard InChI is InChI=1S/C47H35F3N4O7/c1-25-11-15-28(16-12-25)52-54-43(57)35-24-33-31(40(46(35,45(54)59)27-7-3-2-4-8-27)34-23-30(19-22-37(34)55)61-47(48,49)50)20-21-32-39(33)44(58)53(42(32)56)29-17-13-26(14-18-29)41-51-36-9-5-6-10-38(36)60-41/h2-20,22-23,32-33,35,39-40,52,55H,21,24H2,1H3/t32-,33+,35-,39-,40+,46+/m0/s1. The third-order valence-corrected chi connectivity index (χ3v) is 12.6. The number of carbonyl (C=O) groups is 4. The number of carbonyl (C=O) groups excluding carboxylic acids is 4. The fourth-order valence-electron chi connectivity index (χ4n) is 10.1. The molecule has 2 N–H and O–H groups in total. The molecule has 4 amide bonds. The van der Waals surface area contributed by atoms with Crippen molar-refractivity contribution in [2.45, 2.75) is 37.5 Å². The summed E-state index contributed by atoms with van der Waals surface area (Å²) in [5.74, 6) is -8.21. The van der Waals surface area contributed by atoms with Gasteiger partial charge in [0.2, 0.25) is 17.7 Å². The molecule has 0 bridgehead atoms. The topological polar surface area (TPSA) is 142 Å². The number of anilines is 2.